The highest BCUT2D eigenvalue weighted by atomic mass is 32.2. The number of rotatable bonds is 14. The number of aliphatic hydroxyl groups excluding tert-OH is 2. The lowest BCUT2D eigenvalue weighted by Crippen LogP contribution is -2.62. The zero-order chi connectivity index (χ0) is 80.9. The third kappa shape index (κ3) is 24.6. The smallest absolute Gasteiger partial charge is 0.245 e. The van der Waals surface area contributed by atoms with Crippen molar-refractivity contribution in [2.45, 2.75) is 218 Å². The van der Waals surface area contributed by atoms with Crippen LogP contribution in [0.2, 0.25) is 0 Å². The first-order valence-electron chi connectivity index (χ1n) is 37.5. The quantitative estimate of drug-likeness (QED) is 0.0677. The van der Waals surface area contributed by atoms with Gasteiger partial charge in [-0.2, -0.15) is 23.5 Å². The second-order valence-electron chi connectivity index (χ2n) is 31.0. The normalized spacial score (nSPS) is 26.1. The Morgan fingerprint density at radius 2 is 1.30 bits per heavy atom. The fourth-order valence-electron chi connectivity index (χ4n) is 13.5. The molecule has 2 aliphatic rings. The van der Waals surface area contributed by atoms with Gasteiger partial charge in [-0.05, 0) is 148 Å². The van der Waals surface area contributed by atoms with Crippen molar-refractivity contribution in [3.8, 4) is 11.5 Å². The van der Waals surface area contributed by atoms with Gasteiger partial charge in [-0.15, -0.1) is 0 Å². The lowest BCUT2D eigenvalue weighted by Gasteiger charge is -2.35. The van der Waals surface area contributed by atoms with Crippen LogP contribution < -0.4 is 48.7 Å². The fraction of sp³-hybridized carbons (Fsp3) is 0.537. The number of nitrogens with one attached hydrogen (secondary N) is 8. The number of hydrogen-bond acceptors (Lipinski definition) is 20. The number of carbonyl (C=O) groups is 12. The van der Waals surface area contributed by atoms with Gasteiger partial charge in [0.05, 0.1) is 35.2 Å². The Hall–Kier alpha value is -9.23. The summed E-state index contributed by atoms with van der Waals surface area (Å²) in [5.74, 6) is -10.7. The summed E-state index contributed by atoms with van der Waals surface area (Å²) in [6.45, 7) is 15.9. The molecule has 2 bridgehead atoms. The number of aromatic amines is 1. The predicted octanol–water partition coefficient (Wildman–Crippen LogP) is 4.56. The molecular formula is C80H110N12O16S2. The number of thioether (sulfide) groups is 2. The predicted molar refractivity (Wildman–Crippen MR) is 419 cm³/mol. The topological polar surface area (TPSA) is 454 Å². The summed E-state index contributed by atoms with van der Waals surface area (Å²) >= 11 is 2.76. The summed E-state index contributed by atoms with van der Waals surface area (Å²) in [6, 6.07) is 13.1. The molecule has 16 N–H and O–H groups in total. The second kappa shape index (κ2) is 40.1. The summed E-state index contributed by atoms with van der Waals surface area (Å²) in [6.07, 6.45) is -0.693. The first-order chi connectivity index (χ1) is 51.9. The maximum absolute atomic E-state index is 15.2. The number of phenolic OH excluding ortho intramolecular Hbond substituents is 2. The number of hydrogen-bond donors (Lipinski definition) is 14. The molecular weight excluding hydrogens is 1450 g/mol. The Morgan fingerprint density at radius 1 is 0.691 bits per heavy atom. The van der Waals surface area contributed by atoms with Gasteiger partial charge in [0.2, 0.25) is 53.2 Å². The maximum Gasteiger partial charge on any atom is 0.245 e. The summed E-state index contributed by atoms with van der Waals surface area (Å²) < 4.78 is 0. The van der Waals surface area contributed by atoms with Crippen molar-refractivity contribution in [3.05, 3.63) is 125 Å². The van der Waals surface area contributed by atoms with Crippen molar-refractivity contribution in [1.82, 2.24) is 52.1 Å². The molecule has 0 unspecified atom stereocenters. The van der Waals surface area contributed by atoms with Gasteiger partial charge in [-0.1, -0.05) is 97.0 Å². The van der Waals surface area contributed by atoms with Crippen LogP contribution in [0, 0.1) is 28.6 Å². The highest BCUT2D eigenvalue weighted by Gasteiger charge is 2.46. The fourth-order valence-corrected chi connectivity index (χ4v) is 15.4. The molecule has 13 atom stereocenters. The molecule has 1 saturated heterocycles. The number of phenols is 2. The van der Waals surface area contributed by atoms with Gasteiger partial charge < -0.3 is 79.0 Å². The number of nitrogens with zero attached hydrogens (tertiary/aromatic N) is 2. The number of aromatic nitrogens is 2. The molecule has 30 heteroatoms. The number of aliphatic hydroxyl groups is 2. The van der Waals surface area contributed by atoms with Gasteiger partial charge >= 0.3 is 0 Å². The molecule has 2 aliphatic heterocycles. The van der Waals surface area contributed by atoms with Crippen LogP contribution in [0.15, 0.2) is 97.3 Å². The van der Waals surface area contributed by atoms with Crippen molar-refractivity contribution in [2.75, 3.05) is 24.6 Å². The largest absolute Gasteiger partial charge is 0.508 e. The highest BCUT2D eigenvalue weighted by Crippen LogP contribution is 2.35. The number of Topliss-reactive ketones (excluding diaryl/α,β-unsaturated/α-hetero) is 3. The molecule has 1 fully saturated rings. The number of carbonyl (C=O) groups excluding carboxylic acids is 12. The SMILES string of the molecule is CC(C)[C@]1(C)CC(=O)[C@H](Cc2ccc(O)cc2)NC(=O)[C@H](C)CC(=O)[C@](C)(CCCCN)NC(=O)[C@H](Cc2c[nH]c3ncccc23)NC(=O)[C@H]([C@@H](C)O)NC(=O)[C@@H]2CCCN2C(=O)[C@H](Cc2ccc(O)cc2)CC(=O)[C@H](C(C)(C)C)NC(=O)CCSCc2cccc(c2)CSC[C@@H](C(N)=O)NC(=O)[C@H]([C@@H](C)O)NC1=O. The Labute approximate surface area is 650 Å². The molecule has 28 nitrogen and oxygen atoms in total. The lowest BCUT2D eigenvalue weighted by molar-refractivity contribution is -0.144. The van der Waals surface area contributed by atoms with E-state index in [1.165, 1.54) is 87.3 Å². The van der Waals surface area contributed by atoms with Gasteiger partial charge in [0.15, 0.2) is 17.3 Å². The van der Waals surface area contributed by atoms with Crippen LogP contribution in [0.1, 0.15) is 155 Å². The Balaban J connectivity index is 1.23. The minimum absolute atomic E-state index is 0.0107. The van der Waals surface area contributed by atoms with E-state index >= 15 is 14.4 Å². The van der Waals surface area contributed by atoms with E-state index in [2.05, 4.69) is 47.2 Å². The Bertz CT molecular complexity index is 4070. The van der Waals surface area contributed by atoms with E-state index in [1.54, 1.807) is 83.4 Å². The van der Waals surface area contributed by atoms with Crippen molar-refractivity contribution in [3.63, 3.8) is 0 Å². The molecule has 110 heavy (non-hydrogen) atoms. The van der Waals surface area contributed by atoms with E-state index < -0.39 is 172 Å². The molecule has 0 radical (unpaired) electrons. The number of nitrogens with two attached hydrogens (primary N) is 2. The van der Waals surface area contributed by atoms with Crippen LogP contribution in [0.4, 0.5) is 0 Å². The van der Waals surface area contributed by atoms with Crippen LogP contribution in [-0.4, -0.2) is 190 Å². The number of ketones is 3. The first-order valence-corrected chi connectivity index (χ1v) is 39.8. The number of pyridine rings is 1. The van der Waals surface area contributed by atoms with E-state index in [1.807, 2.05) is 24.3 Å². The Kier molecular flexibility index (Phi) is 32.1. The summed E-state index contributed by atoms with van der Waals surface area (Å²) in [7, 11) is 0. The molecule has 0 spiro atoms. The maximum atomic E-state index is 15.2. The van der Waals surface area contributed by atoms with E-state index in [-0.39, 0.29) is 75.3 Å². The molecule has 4 heterocycles. The highest BCUT2D eigenvalue weighted by molar-refractivity contribution is 7.98. The number of benzene rings is 3. The van der Waals surface area contributed by atoms with Crippen molar-refractivity contribution in [2.24, 2.45) is 40.1 Å². The summed E-state index contributed by atoms with van der Waals surface area (Å²) in [5, 5.41) is 62.7. The monoisotopic (exact) mass is 1560 g/mol. The van der Waals surface area contributed by atoms with Crippen LogP contribution in [0.5, 0.6) is 11.5 Å². The standard InChI is InChI=1S/C80H110N12O16S2/c1-45(2)79(9)40-63(98)58(37-50-22-26-56(96)27-23-50)85-71(102)46(3)34-64(99)80(10,29-11-12-30-81)91-72(103)59(38-54-41-84-70-57(54)18-14-31-83-70)86-74(105)66(47(4)93)89-73(104)61-19-15-32-92(61)76(107)53(36-49-20-24-55(95)25-21-49)39-62(97)68(78(6,7)8)88-65(100)28-33-109-42-51-16-13-17-52(35-51)43-110-44-60(69(82)101)87-75(106)67(48(5)94)90-77(79)108/h13-14,16-18,20-27,31,35,41,45-48,53,58-61,66-68,93-96H,11-12,15,19,28-30,32-34,36-40,42-44,81H2,1-10H3,(H2,82,101)(H,83,84)(H,85,102)(H,86,105)(H,87,106)(H,88,100)(H,89,104)(H,90,108)(H,91,103)/t46-,47-,48-,53-,58+,59+,60+,61+,66+,67+,68-,79+,80+/m1/s1. The minimum Gasteiger partial charge on any atom is -0.508 e. The third-order valence-corrected chi connectivity index (χ3v) is 22.8. The third-order valence-electron chi connectivity index (χ3n) is 20.7. The lowest BCUT2D eigenvalue weighted by atomic mass is 9.73. The molecule has 5 aromatic rings. The zero-order valence-corrected chi connectivity index (χ0v) is 66.1. The first kappa shape index (κ1) is 88.0. The molecule has 0 aliphatic carbocycles. The molecule has 3 aromatic carbocycles. The average Bonchev–Trinajstić information content (AvgIpc) is 1.36. The van der Waals surface area contributed by atoms with Gasteiger partial charge in [0.25, 0.3) is 0 Å². The van der Waals surface area contributed by atoms with Gasteiger partial charge in [-0.3, -0.25) is 57.5 Å². The Morgan fingerprint density at radius 3 is 1.91 bits per heavy atom. The number of unbranched alkanes of at least 4 members (excludes halogenated alkanes) is 1. The van der Waals surface area contributed by atoms with Gasteiger partial charge in [0, 0.05) is 91.3 Å². The molecule has 2 aromatic heterocycles. The van der Waals surface area contributed by atoms with Gasteiger partial charge in [-0.25, -0.2) is 4.98 Å². The zero-order valence-electron chi connectivity index (χ0n) is 64.4. The summed E-state index contributed by atoms with van der Waals surface area (Å²) in [4.78, 5) is 184. The van der Waals surface area contributed by atoms with E-state index in [0.717, 1.165) is 11.1 Å². The molecule has 598 valence electrons. The van der Waals surface area contributed by atoms with Crippen molar-refractivity contribution < 1.29 is 78.0 Å². The van der Waals surface area contributed by atoms with Gasteiger partial charge in [0.1, 0.15) is 47.4 Å². The van der Waals surface area contributed by atoms with E-state index in [0.29, 0.717) is 64.2 Å². The van der Waals surface area contributed by atoms with Crippen molar-refractivity contribution >= 4 is 105 Å². The van der Waals surface area contributed by atoms with E-state index in [4.69, 9.17) is 11.5 Å². The number of primary amides is 1. The van der Waals surface area contributed by atoms with Crippen LogP contribution in [-0.2, 0) is 88.3 Å². The molecule has 0 saturated carbocycles. The van der Waals surface area contributed by atoms with Crippen LogP contribution in [0.3, 0.4) is 0 Å². The van der Waals surface area contributed by atoms with Crippen LogP contribution in [0.25, 0.3) is 11.0 Å². The van der Waals surface area contributed by atoms with Crippen molar-refractivity contribution in [1.29, 1.82) is 0 Å². The van der Waals surface area contributed by atoms with Crippen LogP contribution >= 0.6 is 23.5 Å². The molecule has 9 amide bonds. The number of H-pyrrole nitrogens is 1. The minimum atomic E-state index is -1.78. The molecule has 7 rings (SSSR count). The second-order valence-corrected chi connectivity index (χ2v) is 33.2. The van der Waals surface area contributed by atoms with E-state index in [9.17, 15) is 63.6 Å². The number of fused-ring (bicyclic) bond motifs is 4. The summed E-state index contributed by atoms with van der Waals surface area (Å²) in [5.41, 5.74) is 11.3. The number of amides is 9. The average molecular weight is 1560 g/mol. The number of aromatic hydroxyl groups is 2.